The van der Waals surface area contributed by atoms with E-state index in [1.165, 1.54) is 0 Å². The summed E-state index contributed by atoms with van der Waals surface area (Å²) in [5, 5.41) is 6.21. The molecule has 3 rings (SSSR count). The van der Waals surface area contributed by atoms with Gasteiger partial charge in [0.05, 0.1) is 13.3 Å². The summed E-state index contributed by atoms with van der Waals surface area (Å²) in [5.41, 5.74) is 7.92. The zero-order valence-corrected chi connectivity index (χ0v) is 10.8. The number of hydrogen-bond donors (Lipinski definition) is 1. The molecule has 0 aliphatic heterocycles. The van der Waals surface area contributed by atoms with Crippen molar-refractivity contribution in [3.8, 4) is 17.0 Å². The van der Waals surface area contributed by atoms with Gasteiger partial charge >= 0.3 is 0 Å². The number of pyridine rings is 1. The highest BCUT2D eigenvalue weighted by Crippen LogP contribution is 2.31. The van der Waals surface area contributed by atoms with E-state index in [4.69, 9.17) is 10.5 Å². The van der Waals surface area contributed by atoms with E-state index in [0.717, 1.165) is 21.9 Å². The number of anilines is 1. The van der Waals surface area contributed by atoms with Crippen LogP contribution < -0.4 is 10.5 Å². The van der Waals surface area contributed by atoms with Crippen molar-refractivity contribution in [3.63, 3.8) is 0 Å². The van der Waals surface area contributed by atoms with Gasteiger partial charge in [-0.15, -0.1) is 0 Å². The summed E-state index contributed by atoms with van der Waals surface area (Å²) < 4.78 is 6.94. The van der Waals surface area contributed by atoms with Gasteiger partial charge in [-0.05, 0) is 23.1 Å². The van der Waals surface area contributed by atoms with Gasteiger partial charge in [0, 0.05) is 24.2 Å². The van der Waals surface area contributed by atoms with Crippen molar-refractivity contribution in [2.75, 3.05) is 12.8 Å². The third-order valence-electron chi connectivity index (χ3n) is 3.22. The van der Waals surface area contributed by atoms with Crippen LogP contribution in [0.1, 0.15) is 0 Å². The second-order valence-electron chi connectivity index (χ2n) is 4.32. The molecular formula is C14H14N4O. The first-order chi connectivity index (χ1) is 9.20. The number of fused-ring (bicyclic) bond motifs is 1. The monoisotopic (exact) mass is 254 g/mol. The lowest BCUT2D eigenvalue weighted by Gasteiger charge is -2.06. The molecule has 0 amide bonds. The molecule has 0 saturated heterocycles. The molecule has 0 aliphatic rings. The zero-order valence-electron chi connectivity index (χ0n) is 10.8. The minimum absolute atomic E-state index is 0.613. The number of aryl methyl sites for hydroxylation is 1. The minimum atomic E-state index is 0.613. The number of ether oxygens (including phenoxy) is 1. The van der Waals surface area contributed by atoms with E-state index in [-0.39, 0.29) is 0 Å². The number of benzene rings is 1. The van der Waals surface area contributed by atoms with Gasteiger partial charge in [-0.3, -0.25) is 4.68 Å². The van der Waals surface area contributed by atoms with E-state index in [1.807, 2.05) is 31.3 Å². The number of nitrogens with zero attached hydrogens (tertiary/aromatic N) is 3. The van der Waals surface area contributed by atoms with Crippen molar-refractivity contribution in [1.29, 1.82) is 0 Å². The topological polar surface area (TPSA) is 66.0 Å². The summed E-state index contributed by atoms with van der Waals surface area (Å²) in [5.74, 6) is 1.25. The van der Waals surface area contributed by atoms with Crippen LogP contribution >= 0.6 is 0 Å². The third kappa shape index (κ3) is 1.79. The van der Waals surface area contributed by atoms with E-state index in [9.17, 15) is 0 Å². The Bertz CT molecular complexity index is 748. The summed E-state index contributed by atoms with van der Waals surface area (Å²) in [4.78, 5) is 4.21. The van der Waals surface area contributed by atoms with Gasteiger partial charge in [-0.2, -0.15) is 5.10 Å². The molecule has 0 saturated carbocycles. The van der Waals surface area contributed by atoms with Crippen molar-refractivity contribution in [2.45, 2.75) is 0 Å². The molecular weight excluding hydrogens is 240 g/mol. The Morgan fingerprint density at radius 1 is 1.26 bits per heavy atom. The first kappa shape index (κ1) is 11.5. The van der Waals surface area contributed by atoms with Crippen LogP contribution in [0.15, 0.2) is 36.7 Å². The number of rotatable bonds is 2. The summed E-state index contributed by atoms with van der Waals surface area (Å²) in [7, 11) is 3.44. The molecule has 0 unspecified atom stereocenters. The molecule has 2 heterocycles. The fraction of sp³-hybridized carbons (Fsp3) is 0.143. The van der Waals surface area contributed by atoms with Crippen LogP contribution in [0.2, 0.25) is 0 Å². The zero-order chi connectivity index (χ0) is 13.4. The van der Waals surface area contributed by atoms with E-state index in [1.54, 1.807) is 24.2 Å². The van der Waals surface area contributed by atoms with Gasteiger partial charge in [0.15, 0.2) is 0 Å². The van der Waals surface area contributed by atoms with E-state index >= 15 is 0 Å². The molecule has 0 radical (unpaired) electrons. The lowest BCUT2D eigenvalue weighted by molar-refractivity contribution is 0.403. The van der Waals surface area contributed by atoms with Crippen molar-refractivity contribution < 1.29 is 4.74 Å². The number of methoxy groups -OCH3 is 1. The lowest BCUT2D eigenvalue weighted by atomic mass is 10.0. The Balaban J connectivity index is 2.24. The van der Waals surface area contributed by atoms with Gasteiger partial charge in [-0.25, -0.2) is 4.98 Å². The fourth-order valence-corrected chi connectivity index (χ4v) is 2.14. The maximum Gasteiger partial charge on any atom is 0.221 e. The maximum absolute atomic E-state index is 6.00. The van der Waals surface area contributed by atoms with Crippen LogP contribution in [0.5, 0.6) is 5.88 Å². The molecule has 5 heteroatoms. The highest BCUT2D eigenvalue weighted by molar-refractivity contribution is 5.91. The van der Waals surface area contributed by atoms with E-state index in [2.05, 4.69) is 10.1 Å². The van der Waals surface area contributed by atoms with Crippen LogP contribution in [0, 0.1) is 0 Å². The van der Waals surface area contributed by atoms with Crippen molar-refractivity contribution >= 4 is 16.6 Å². The number of hydrogen-bond acceptors (Lipinski definition) is 4. The smallest absolute Gasteiger partial charge is 0.221 e. The van der Waals surface area contributed by atoms with E-state index < -0.39 is 0 Å². The number of nitrogen functional groups attached to an aromatic ring is 1. The Kier molecular flexibility index (Phi) is 2.59. The summed E-state index contributed by atoms with van der Waals surface area (Å²) in [6.45, 7) is 0. The van der Waals surface area contributed by atoms with Gasteiger partial charge in [0.1, 0.15) is 5.82 Å². The molecule has 3 aromatic rings. The maximum atomic E-state index is 6.00. The quantitative estimate of drug-likeness (QED) is 0.761. The third-order valence-corrected chi connectivity index (χ3v) is 3.22. The number of aromatic nitrogens is 3. The Labute approximate surface area is 110 Å². The molecule has 2 N–H and O–H groups in total. The van der Waals surface area contributed by atoms with Crippen LogP contribution in [0.4, 0.5) is 5.82 Å². The molecule has 0 bridgehead atoms. The van der Waals surface area contributed by atoms with Crippen LogP contribution in [0.25, 0.3) is 21.9 Å². The first-order valence-electron chi connectivity index (χ1n) is 5.91. The van der Waals surface area contributed by atoms with Gasteiger partial charge < -0.3 is 10.5 Å². The lowest BCUT2D eigenvalue weighted by Crippen LogP contribution is -1.98. The molecule has 1 aromatic carbocycles. The van der Waals surface area contributed by atoms with Gasteiger partial charge in [-0.1, -0.05) is 12.1 Å². The second-order valence-corrected chi connectivity index (χ2v) is 4.32. The molecule has 2 aromatic heterocycles. The Morgan fingerprint density at radius 2 is 2.11 bits per heavy atom. The Morgan fingerprint density at radius 3 is 2.79 bits per heavy atom. The van der Waals surface area contributed by atoms with Crippen LogP contribution in [0.3, 0.4) is 0 Å². The van der Waals surface area contributed by atoms with Gasteiger partial charge in [0.25, 0.3) is 0 Å². The molecule has 19 heavy (non-hydrogen) atoms. The second kappa shape index (κ2) is 4.28. The normalized spacial score (nSPS) is 10.8. The predicted octanol–water partition coefficient (Wildman–Crippen LogP) is 2.23. The summed E-state index contributed by atoms with van der Waals surface area (Å²) >= 11 is 0. The van der Waals surface area contributed by atoms with Crippen molar-refractivity contribution in [1.82, 2.24) is 14.8 Å². The van der Waals surface area contributed by atoms with Gasteiger partial charge in [0.2, 0.25) is 5.88 Å². The molecule has 0 atom stereocenters. The summed E-state index contributed by atoms with van der Waals surface area (Å²) in [6, 6.07) is 8.03. The average Bonchev–Trinajstić information content (AvgIpc) is 2.78. The molecule has 0 spiro atoms. The number of nitrogens with two attached hydrogens (primary N) is 1. The SMILES string of the molecule is COc1nccc2ccc(-c3cnn(C)c3N)cc12. The molecule has 0 fully saturated rings. The molecule has 96 valence electrons. The highest BCUT2D eigenvalue weighted by atomic mass is 16.5. The van der Waals surface area contributed by atoms with Crippen LogP contribution in [-0.2, 0) is 7.05 Å². The predicted molar refractivity (Wildman–Crippen MR) is 74.9 cm³/mol. The molecule has 0 aliphatic carbocycles. The van der Waals surface area contributed by atoms with Crippen molar-refractivity contribution in [2.24, 2.45) is 7.05 Å². The summed E-state index contributed by atoms with van der Waals surface area (Å²) in [6.07, 6.45) is 3.50. The first-order valence-corrected chi connectivity index (χ1v) is 5.91. The minimum Gasteiger partial charge on any atom is -0.481 e. The van der Waals surface area contributed by atoms with E-state index in [0.29, 0.717) is 11.7 Å². The fourth-order valence-electron chi connectivity index (χ4n) is 2.14. The molecule has 5 nitrogen and oxygen atoms in total. The average molecular weight is 254 g/mol. The highest BCUT2D eigenvalue weighted by Gasteiger charge is 2.10. The van der Waals surface area contributed by atoms with Crippen molar-refractivity contribution in [3.05, 3.63) is 36.7 Å². The Hall–Kier alpha value is -2.56. The standard InChI is InChI=1S/C14H14N4O/c1-18-13(15)12(8-17-18)10-4-3-9-5-6-16-14(19-2)11(9)7-10/h3-8H,15H2,1-2H3. The largest absolute Gasteiger partial charge is 0.481 e. The van der Waals surface area contributed by atoms with Crippen LogP contribution in [-0.4, -0.2) is 21.9 Å².